The first-order chi connectivity index (χ1) is 17.8. The molecule has 8 heteroatoms. The molecule has 8 nitrogen and oxygen atoms in total. The molecule has 0 radical (unpaired) electrons. The Morgan fingerprint density at radius 2 is 1.54 bits per heavy atom. The van der Waals surface area contributed by atoms with Crippen molar-refractivity contribution < 1.29 is 34.1 Å². The second kappa shape index (κ2) is 10.6. The van der Waals surface area contributed by atoms with E-state index >= 15 is 0 Å². The average Bonchev–Trinajstić information content (AvgIpc) is 3.18. The van der Waals surface area contributed by atoms with Crippen molar-refractivity contribution in [2.24, 2.45) is 0 Å². The molecule has 1 saturated heterocycles. The molecule has 1 unspecified atom stereocenters. The Hall–Kier alpha value is -4.59. The Bertz CT molecular complexity index is 1370. The summed E-state index contributed by atoms with van der Waals surface area (Å²) in [6.45, 7) is 2.02. The number of benzene rings is 3. The molecule has 1 atom stereocenters. The molecule has 1 aliphatic heterocycles. The maximum absolute atomic E-state index is 13.4. The Morgan fingerprint density at radius 1 is 0.892 bits per heavy atom. The van der Waals surface area contributed by atoms with Gasteiger partial charge in [-0.25, -0.2) is 0 Å². The summed E-state index contributed by atoms with van der Waals surface area (Å²) >= 11 is 0. The molecule has 4 rings (SSSR count). The molecule has 1 amide bonds. The SMILES string of the molecule is CCc1ccc(C2/C(=C(/O)c3ccc(OC)cc3OC)C(=O)C(=O)N2c2ccc(CC(=O)O)cc2)cc1. The summed E-state index contributed by atoms with van der Waals surface area (Å²) < 4.78 is 10.7. The number of carboxylic acid groups (broad SMARTS) is 1. The summed E-state index contributed by atoms with van der Waals surface area (Å²) in [7, 11) is 2.94. The van der Waals surface area contributed by atoms with Gasteiger partial charge in [0.15, 0.2) is 0 Å². The third kappa shape index (κ3) is 4.91. The Balaban J connectivity index is 1.90. The minimum Gasteiger partial charge on any atom is -0.507 e. The molecular weight excluding hydrogens is 474 g/mol. The minimum absolute atomic E-state index is 0.0765. The highest BCUT2D eigenvalue weighted by Gasteiger charge is 2.47. The number of Topliss-reactive ketones (excluding diaryl/α,β-unsaturated/α-hetero) is 1. The third-order valence-electron chi connectivity index (χ3n) is 6.38. The van der Waals surface area contributed by atoms with Crippen LogP contribution in [0.25, 0.3) is 5.76 Å². The molecule has 1 heterocycles. The van der Waals surface area contributed by atoms with Gasteiger partial charge in [-0.3, -0.25) is 19.3 Å². The lowest BCUT2D eigenvalue weighted by Crippen LogP contribution is -2.29. The van der Waals surface area contributed by atoms with Gasteiger partial charge in [-0.1, -0.05) is 43.3 Å². The number of carbonyl (C=O) groups is 3. The number of aliphatic carboxylic acids is 1. The number of aliphatic hydroxyl groups excluding tert-OH is 1. The predicted molar refractivity (Wildman–Crippen MR) is 138 cm³/mol. The fourth-order valence-corrected chi connectivity index (χ4v) is 4.44. The Morgan fingerprint density at radius 3 is 2.11 bits per heavy atom. The first-order valence-electron chi connectivity index (χ1n) is 11.7. The average molecular weight is 502 g/mol. The van der Waals surface area contributed by atoms with E-state index < -0.39 is 23.7 Å². The number of anilines is 1. The number of carbonyl (C=O) groups excluding carboxylic acids is 2. The highest BCUT2D eigenvalue weighted by atomic mass is 16.5. The number of ether oxygens (including phenoxy) is 2. The molecule has 2 N–H and O–H groups in total. The Labute approximate surface area is 214 Å². The molecule has 0 spiro atoms. The number of carboxylic acids is 1. The highest BCUT2D eigenvalue weighted by Crippen LogP contribution is 2.43. The molecule has 0 aliphatic carbocycles. The van der Waals surface area contributed by atoms with Gasteiger partial charge in [0.05, 0.1) is 37.8 Å². The number of amides is 1. The molecular formula is C29H27NO7. The third-order valence-corrected chi connectivity index (χ3v) is 6.38. The smallest absolute Gasteiger partial charge is 0.307 e. The topological polar surface area (TPSA) is 113 Å². The minimum atomic E-state index is -0.974. The van der Waals surface area contributed by atoms with Gasteiger partial charge in [0.2, 0.25) is 0 Å². The number of nitrogens with zero attached hydrogens (tertiary/aromatic N) is 1. The van der Waals surface area contributed by atoms with Crippen LogP contribution in [0.3, 0.4) is 0 Å². The van der Waals surface area contributed by atoms with Gasteiger partial charge in [0, 0.05) is 11.8 Å². The van der Waals surface area contributed by atoms with E-state index in [1.807, 2.05) is 31.2 Å². The fourth-order valence-electron chi connectivity index (χ4n) is 4.44. The number of rotatable bonds is 8. The quantitative estimate of drug-likeness (QED) is 0.265. The molecule has 0 bridgehead atoms. The summed E-state index contributed by atoms with van der Waals surface area (Å²) in [6, 6.07) is 17.8. The van der Waals surface area contributed by atoms with Gasteiger partial charge in [-0.2, -0.15) is 0 Å². The van der Waals surface area contributed by atoms with E-state index in [1.54, 1.807) is 42.5 Å². The van der Waals surface area contributed by atoms with E-state index in [4.69, 9.17) is 14.6 Å². The van der Waals surface area contributed by atoms with E-state index in [9.17, 15) is 19.5 Å². The van der Waals surface area contributed by atoms with Crippen molar-refractivity contribution in [2.45, 2.75) is 25.8 Å². The van der Waals surface area contributed by atoms with Crippen LogP contribution in [0.15, 0.2) is 72.3 Å². The van der Waals surface area contributed by atoms with Crippen molar-refractivity contribution in [1.82, 2.24) is 0 Å². The first kappa shape index (κ1) is 25.5. The standard InChI is InChI=1S/C29H27NO7/c1-4-17-5-9-19(10-6-17)26-25(27(33)22-14-13-21(36-2)16-23(22)37-3)28(34)29(35)30(26)20-11-7-18(8-12-20)15-24(31)32/h5-14,16,26,33H,4,15H2,1-3H3,(H,31,32)/b27-25-. The second-order valence-corrected chi connectivity index (χ2v) is 8.57. The lowest BCUT2D eigenvalue weighted by molar-refractivity contribution is -0.136. The van der Waals surface area contributed by atoms with Crippen molar-refractivity contribution in [3.05, 3.63) is 94.6 Å². The number of aliphatic hydroxyl groups is 1. The number of ketones is 1. The largest absolute Gasteiger partial charge is 0.507 e. The summed E-state index contributed by atoms with van der Waals surface area (Å²) in [5.74, 6) is -2.20. The number of hydrogen-bond acceptors (Lipinski definition) is 6. The normalized spacial score (nSPS) is 16.6. The summed E-state index contributed by atoms with van der Waals surface area (Å²) in [5.41, 5.74) is 2.84. The van der Waals surface area contributed by atoms with Crippen LogP contribution in [-0.2, 0) is 27.2 Å². The highest BCUT2D eigenvalue weighted by molar-refractivity contribution is 6.51. The van der Waals surface area contributed by atoms with E-state index in [0.29, 0.717) is 22.6 Å². The van der Waals surface area contributed by atoms with Gasteiger partial charge >= 0.3 is 5.97 Å². The van der Waals surface area contributed by atoms with Crippen LogP contribution in [0.5, 0.6) is 11.5 Å². The van der Waals surface area contributed by atoms with Crippen molar-refractivity contribution in [1.29, 1.82) is 0 Å². The summed E-state index contributed by atoms with van der Waals surface area (Å²) in [5, 5.41) is 20.5. The first-order valence-corrected chi connectivity index (χ1v) is 11.7. The van der Waals surface area contributed by atoms with Crippen molar-refractivity contribution in [2.75, 3.05) is 19.1 Å². The maximum Gasteiger partial charge on any atom is 0.307 e. The lowest BCUT2D eigenvalue weighted by atomic mass is 9.94. The van der Waals surface area contributed by atoms with Crippen molar-refractivity contribution in [3.8, 4) is 11.5 Å². The van der Waals surface area contributed by atoms with E-state index in [1.165, 1.54) is 19.1 Å². The summed E-state index contributed by atoms with van der Waals surface area (Å²) in [4.78, 5) is 39.2. The number of aryl methyl sites for hydroxylation is 1. The van der Waals surface area contributed by atoms with Crippen LogP contribution < -0.4 is 14.4 Å². The Kier molecular flexibility index (Phi) is 7.29. The van der Waals surface area contributed by atoms with Crippen LogP contribution in [0.1, 0.15) is 35.2 Å². The fraction of sp³-hybridized carbons (Fsp3) is 0.207. The van der Waals surface area contributed by atoms with Gasteiger partial charge in [-0.05, 0) is 47.4 Å². The van der Waals surface area contributed by atoms with Crippen LogP contribution in [0, 0.1) is 0 Å². The number of methoxy groups -OCH3 is 2. The zero-order valence-corrected chi connectivity index (χ0v) is 20.7. The monoisotopic (exact) mass is 501 g/mol. The molecule has 1 aliphatic rings. The molecule has 3 aromatic rings. The molecule has 37 heavy (non-hydrogen) atoms. The number of hydrogen-bond donors (Lipinski definition) is 2. The van der Waals surface area contributed by atoms with Crippen molar-refractivity contribution >= 4 is 29.1 Å². The van der Waals surface area contributed by atoms with Gasteiger partial charge in [0.25, 0.3) is 11.7 Å². The van der Waals surface area contributed by atoms with Crippen LogP contribution >= 0.6 is 0 Å². The van der Waals surface area contributed by atoms with Gasteiger partial charge in [-0.15, -0.1) is 0 Å². The van der Waals surface area contributed by atoms with Crippen molar-refractivity contribution in [3.63, 3.8) is 0 Å². The van der Waals surface area contributed by atoms with E-state index in [2.05, 4.69) is 0 Å². The lowest BCUT2D eigenvalue weighted by Gasteiger charge is -2.26. The second-order valence-electron chi connectivity index (χ2n) is 8.57. The zero-order valence-electron chi connectivity index (χ0n) is 20.7. The van der Waals surface area contributed by atoms with Crippen LogP contribution in [0.4, 0.5) is 5.69 Å². The van der Waals surface area contributed by atoms with Gasteiger partial charge < -0.3 is 19.7 Å². The van der Waals surface area contributed by atoms with E-state index in [0.717, 1.165) is 12.0 Å². The molecule has 190 valence electrons. The predicted octanol–water partition coefficient (Wildman–Crippen LogP) is 4.52. The molecule has 3 aromatic carbocycles. The maximum atomic E-state index is 13.4. The zero-order chi connectivity index (χ0) is 26.7. The van der Waals surface area contributed by atoms with E-state index in [-0.39, 0.29) is 29.1 Å². The summed E-state index contributed by atoms with van der Waals surface area (Å²) in [6.07, 6.45) is 0.646. The molecule has 0 aromatic heterocycles. The molecule has 0 saturated carbocycles. The molecule has 1 fully saturated rings. The van der Waals surface area contributed by atoms with Crippen LogP contribution in [-0.4, -0.2) is 42.1 Å². The van der Waals surface area contributed by atoms with Gasteiger partial charge in [0.1, 0.15) is 17.3 Å². The van der Waals surface area contributed by atoms with Crippen LogP contribution in [0.2, 0.25) is 0 Å².